The number of hydrogen-bond donors (Lipinski definition) is 0. The predicted octanol–water partition coefficient (Wildman–Crippen LogP) is 1.58. The normalized spacial score (nSPS) is 14.5. The third-order valence-electron chi connectivity index (χ3n) is 4.14. The Morgan fingerprint density at radius 1 is 1.45 bits per heavy atom. The molecule has 0 saturated carbocycles. The SMILES string of the molecule is Cc1ccoc1C(=O)N1CCc2c(CN(C)C)nn(C)c2C1. The average molecular weight is 302 g/mol. The van der Waals surface area contributed by atoms with Crippen LogP contribution in [0.2, 0.25) is 0 Å². The van der Waals surface area contributed by atoms with Crippen molar-refractivity contribution in [3.8, 4) is 0 Å². The number of nitrogens with zero attached hydrogens (tertiary/aromatic N) is 4. The van der Waals surface area contributed by atoms with E-state index in [1.165, 1.54) is 5.56 Å². The number of aryl methyl sites for hydroxylation is 2. The summed E-state index contributed by atoms with van der Waals surface area (Å²) in [5, 5.41) is 4.62. The van der Waals surface area contributed by atoms with Gasteiger partial charge in [-0.15, -0.1) is 0 Å². The van der Waals surface area contributed by atoms with Crippen LogP contribution in [-0.2, 0) is 26.6 Å². The third kappa shape index (κ3) is 2.54. The molecule has 0 aliphatic carbocycles. The number of aromatic nitrogens is 2. The summed E-state index contributed by atoms with van der Waals surface area (Å²) in [6.07, 6.45) is 2.41. The van der Waals surface area contributed by atoms with Crippen molar-refractivity contribution in [2.45, 2.75) is 26.4 Å². The Bertz CT molecular complexity index is 699. The molecule has 22 heavy (non-hydrogen) atoms. The summed E-state index contributed by atoms with van der Waals surface area (Å²) in [7, 11) is 6.03. The first-order valence-corrected chi connectivity index (χ1v) is 7.49. The molecule has 3 heterocycles. The first-order chi connectivity index (χ1) is 10.5. The van der Waals surface area contributed by atoms with Crippen molar-refractivity contribution in [3.63, 3.8) is 0 Å². The van der Waals surface area contributed by atoms with Crippen LogP contribution in [0.5, 0.6) is 0 Å². The van der Waals surface area contributed by atoms with Gasteiger partial charge in [-0.2, -0.15) is 5.10 Å². The fourth-order valence-corrected chi connectivity index (χ4v) is 2.99. The van der Waals surface area contributed by atoms with Gasteiger partial charge in [-0.1, -0.05) is 0 Å². The number of amides is 1. The zero-order valence-electron chi connectivity index (χ0n) is 13.6. The number of hydrogen-bond acceptors (Lipinski definition) is 4. The van der Waals surface area contributed by atoms with E-state index in [4.69, 9.17) is 4.42 Å². The zero-order chi connectivity index (χ0) is 15.9. The summed E-state index contributed by atoms with van der Waals surface area (Å²) in [5.74, 6) is 0.405. The molecule has 1 amide bonds. The summed E-state index contributed by atoms with van der Waals surface area (Å²) in [5.41, 5.74) is 4.41. The first kappa shape index (κ1) is 14.8. The zero-order valence-corrected chi connectivity index (χ0v) is 13.6. The molecule has 2 aromatic rings. The van der Waals surface area contributed by atoms with E-state index in [-0.39, 0.29) is 5.91 Å². The molecule has 3 rings (SSSR count). The molecule has 0 fully saturated rings. The van der Waals surface area contributed by atoms with Gasteiger partial charge in [0.05, 0.1) is 24.2 Å². The van der Waals surface area contributed by atoms with Gasteiger partial charge in [0, 0.05) is 31.3 Å². The van der Waals surface area contributed by atoms with Crippen LogP contribution in [0.4, 0.5) is 0 Å². The van der Waals surface area contributed by atoms with E-state index in [2.05, 4.69) is 10.00 Å². The van der Waals surface area contributed by atoms with Crippen LogP contribution in [-0.4, -0.2) is 46.1 Å². The van der Waals surface area contributed by atoms with Crippen molar-refractivity contribution >= 4 is 5.91 Å². The van der Waals surface area contributed by atoms with Crippen LogP contribution in [0, 0.1) is 6.92 Å². The van der Waals surface area contributed by atoms with Crippen LogP contribution in [0.15, 0.2) is 16.7 Å². The highest BCUT2D eigenvalue weighted by Crippen LogP contribution is 2.24. The minimum absolute atomic E-state index is 0.0384. The Morgan fingerprint density at radius 3 is 2.86 bits per heavy atom. The Hall–Kier alpha value is -2.08. The van der Waals surface area contributed by atoms with Gasteiger partial charge in [0.1, 0.15) is 0 Å². The molecule has 1 aliphatic heterocycles. The molecule has 2 aromatic heterocycles. The van der Waals surface area contributed by atoms with Crippen molar-refractivity contribution in [2.75, 3.05) is 20.6 Å². The largest absolute Gasteiger partial charge is 0.459 e. The lowest BCUT2D eigenvalue weighted by atomic mass is 10.0. The van der Waals surface area contributed by atoms with Gasteiger partial charge in [-0.3, -0.25) is 9.48 Å². The van der Waals surface area contributed by atoms with Gasteiger partial charge in [0.15, 0.2) is 5.76 Å². The monoisotopic (exact) mass is 302 g/mol. The predicted molar refractivity (Wildman–Crippen MR) is 82.5 cm³/mol. The molecular formula is C16H22N4O2. The molecule has 0 saturated heterocycles. The average Bonchev–Trinajstić information content (AvgIpc) is 3.02. The lowest BCUT2D eigenvalue weighted by Gasteiger charge is -2.27. The van der Waals surface area contributed by atoms with Gasteiger partial charge in [0.2, 0.25) is 0 Å². The summed E-state index contributed by atoms with van der Waals surface area (Å²) in [6.45, 7) is 4.02. The van der Waals surface area contributed by atoms with E-state index in [1.54, 1.807) is 6.26 Å². The molecule has 0 N–H and O–H groups in total. The molecule has 0 spiro atoms. The lowest BCUT2D eigenvalue weighted by Crippen LogP contribution is -2.36. The van der Waals surface area contributed by atoms with Crippen molar-refractivity contribution in [1.29, 1.82) is 0 Å². The van der Waals surface area contributed by atoms with Crippen LogP contribution < -0.4 is 0 Å². The number of rotatable bonds is 3. The molecule has 0 aromatic carbocycles. The van der Waals surface area contributed by atoms with Crippen molar-refractivity contribution in [3.05, 3.63) is 40.6 Å². The van der Waals surface area contributed by atoms with Crippen LogP contribution in [0.25, 0.3) is 0 Å². The van der Waals surface area contributed by atoms with E-state index in [0.717, 1.165) is 29.9 Å². The topological polar surface area (TPSA) is 54.5 Å². The van der Waals surface area contributed by atoms with Crippen molar-refractivity contribution in [2.24, 2.45) is 7.05 Å². The fourth-order valence-electron chi connectivity index (χ4n) is 2.99. The minimum Gasteiger partial charge on any atom is -0.459 e. The minimum atomic E-state index is -0.0384. The highest BCUT2D eigenvalue weighted by atomic mass is 16.3. The van der Waals surface area contributed by atoms with Crippen LogP contribution in [0.3, 0.4) is 0 Å². The molecule has 1 aliphatic rings. The Kier molecular flexibility index (Phi) is 3.78. The van der Waals surface area contributed by atoms with E-state index >= 15 is 0 Å². The molecule has 6 nitrogen and oxygen atoms in total. The lowest BCUT2D eigenvalue weighted by molar-refractivity contribution is 0.0696. The second-order valence-corrected chi connectivity index (χ2v) is 6.14. The smallest absolute Gasteiger partial charge is 0.290 e. The molecule has 0 unspecified atom stereocenters. The van der Waals surface area contributed by atoms with E-state index < -0.39 is 0 Å². The van der Waals surface area contributed by atoms with Gasteiger partial charge < -0.3 is 14.2 Å². The number of carbonyl (C=O) groups is 1. The Morgan fingerprint density at radius 2 is 2.23 bits per heavy atom. The molecule has 6 heteroatoms. The second kappa shape index (κ2) is 5.61. The molecule has 0 atom stereocenters. The number of carbonyl (C=O) groups excluding carboxylic acids is 1. The molecule has 118 valence electrons. The summed E-state index contributed by atoms with van der Waals surface area (Å²) < 4.78 is 7.24. The van der Waals surface area contributed by atoms with E-state index in [1.807, 2.05) is 43.7 Å². The standard InChI is InChI=1S/C16H22N4O2/c1-11-6-8-22-15(11)16(21)20-7-5-12-13(9-18(2)3)17-19(4)14(12)10-20/h6,8H,5,7,9-10H2,1-4H3. The summed E-state index contributed by atoms with van der Waals surface area (Å²) in [4.78, 5) is 16.5. The second-order valence-electron chi connectivity index (χ2n) is 6.14. The van der Waals surface area contributed by atoms with Crippen molar-refractivity contribution < 1.29 is 9.21 Å². The van der Waals surface area contributed by atoms with Gasteiger partial charge in [0.25, 0.3) is 5.91 Å². The van der Waals surface area contributed by atoms with Gasteiger partial charge in [-0.25, -0.2) is 0 Å². The maximum atomic E-state index is 12.6. The number of fused-ring (bicyclic) bond motifs is 1. The quantitative estimate of drug-likeness (QED) is 0.864. The maximum absolute atomic E-state index is 12.6. The first-order valence-electron chi connectivity index (χ1n) is 7.49. The highest BCUT2D eigenvalue weighted by Gasteiger charge is 2.28. The van der Waals surface area contributed by atoms with Gasteiger partial charge >= 0.3 is 0 Å². The summed E-state index contributed by atoms with van der Waals surface area (Å²) >= 11 is 0. The fraction of sp³-hybridized carbons (Fsp3) is 0.500. The Labute approximate surface area is 130 Å². The number of furan rings is 1. The van der Waals surface area contributed by atoms with E-state index in [0.29, 0.717) is 18.8 Å². The molecule has 0 bridgehead atoms. The van der Waals surface area contributed by atoms with E-state index in [9.17, 15) is 4.79 Å². The molecular weight excluding hydrogens is 280 g/mol. The van der Waals surface area contributed by atoms with Gasteiger partial charge in [-0.05, 0) is 33.5 Å². The molecule has 0 radical (unpaired) electrons. The maximum Gasteiger partial charge on any atom is 0.290 e. The highest BCUT2D eigenvalue weighted by molar-refractivity contribution is 5.93. The van der Waals surface area contributed by atoms with Crippen LogP contribution in [0.1, 0.15) is 33.1 Å². The summed E-state index contributed by atoms with van der Waals surface area (Å²) in [6, 6.07) is 1.82. The van der Waals surface area contributed by atoms with Crippen LogP contribution >= 0.6 is 0 Å². The Balaban J connectivity index is 1.84. The third-order valence-corrected chi connectivity index (χ3v) is 4.14. The van der Waals surface area contributed by atoms with Crippen molar-refractivity contribution in [1.82, 2.24) is 19.6 Å².